The van der Waals surface area contributed by atoms with E-state index in [1.165, 1.54) is 0 Å². The molecule has 1 N–H and O–H groups in total. The number of carbonyl (C=O) groups is 2. The molecule has 0 aromatic heterocycles. The van der Waals surface area contributed by atoms with Gasteiger partial charge in [-0.3, -0.25) is 0 Å². The molecule has 0 saturated heterocycles. The fourth-order valence-corrected chi connectivity index (χ4v) is 3.88. The van der Waals surface area contributed by atoms with Crippen molar-refractivity contribution in [2.45, 2.75) is 47.5 Å². The van der Waals surface area contributed by atoms with Crippen molar-refractivity contribution in [3.8, 4) is 5.75 Å². The number of benzene rings is 1. The highest BCUT2D eigenvalue weighted by atomic mass is 16.5. The molecule has 1 aliphatic heterocycles. The number of nitrogens with zero attached hydrogens (tertiary/aromatic N) is 1. The summed E-state index contributed by atoms with van der Waals surface area (Å²) in [5, 5.41) is 3.15. The van der Waals surface area contributed by atoms with Crippen LogP contribution in [0.15, 0.2) is 46.8 Å². The number of likely N-dealkylation sites (N-methyl/N-ethyl adjacent to an activating group) is 1. The van der Waals surface area contributed by atoms with Gasteiger partial charge in [0.1, 0.15) is 12.4 Å². The smallest absolute Gasteiger partial charge is 0.336 e. The minimum atomic E-state index is -0.584. The summed E-state index contributed by atoms with van der Waals surface area (Å²) in [6, 6.07) is 7.52. The molecule has 0 unspecified atom stereocenters. The summed E-state index contributed by atoms with van der Waals surface area (Å²) in [4.78, 5) is 28.0. The molecule has 176 valence electrons. The normalized spacial score (nSPS) is 14.5. The van der Waals surface area contributed by atoms with Crippen LogP contribution in [0.4, 0.5) is 0 Å². The van der Waals surface area contributed by atoms with Crippen LogP contribution < -0.4 is 10.1 Å². The van der Waals surface area contributed by atoms with E-state index in [2.05, 4.69) is 24.1 Å². The number of allylic oxidation sites excluding steroid dienone is 2. The zero-order chi connectivity index (χ0) is 23.7. The molecule has 1 aromatic carbocycles. The number of hydrogen-bond donors (Lipinski definition) is 1. The average molecular weight is 445 g/mol. The van der Waals surface area contributed by atoms with E-state index in [0.29, 0.717) is 29.1 Å². The summed E-state index contributed by atoms with van der Waals surface area (Å²) in [5.41, 5.74) is 2.95. The van der Waals surface area contributed by atoms with Gasteiger partial charge in [-0.05, 0) is 58.5 Å². The van der Waals surface area contributed by atoms with Gasteiger partial charge in [-0.15, -0.1) is 0 Å². The highest BCUT2D eigenvalue weighted by Gasteiger charge is 2.37. The molecule has 0 spiro atoms. The predicted molar refractivity (Wildman–Crippen MR) is 124 cm³/mol. The summed E-state index contributed by atoms with van der Waals surface area (Å²) in [5.74, 6) is -0.738. The average Bonchev–Trinajstić information content (AvgIpc) is 2.77. The van der Waals surface area contributed by atoms with E-state index in [1.807, 2.05) is 38.1 Å². The molecule has 1 heterocycles. The standard InChI is InChI=1S/C25H36N2O5/c1-7-27(8-2)15-16-32-20-13-11-19(12-14-20)23-21(24(28)30-9-3)17(5)26-18(6)22(23)25(29)31-10-4/h11-14,23,26H,7-10,15-16H2,1-6H3. The molecule has 1 aliphatic rings. The Balaban J connectivity index is 2.35. The molecule has 0 atom stereocenters. The van der Waals surface area contributed by atoms with Gasteiger partial charge in [0, 0.05) is 17.9 Å². The van der Waals surface area contributed by atoms with Crippen LogP contribution in [-0.4, -0.2) is 56.3 Å². The third-order valence-corrected chi connectivity index (χ3v) is 5.54. The van der Waals surface area contributed by atoms with Crippen LogP contribution in [0.5, 0.6) is 5.75 Å². The fourth-order valence-electron chi connectivity index (χ4n) is 3.88. The lowest BCUT2D eigenvalue weighted by atomic mass is 9.80. The first-order valence-electron chi connectivity index (χ1n) is 11.4. The Morgan fingerprint density at radius 3 is 1.81 bits per heavy atom. The molecule has 2 rings (SSSR count). The van der Waals surface area contributed by atoms with Crippen molar-refractivity contribution < 1.29 is 23.8 Å². The monoisotopic (exact) mass is 444 g/mol. The van der Waals surface area contributed by atoms with Gasteiger partial charge in [0.05, 0.1) is 30.3 Å². The number of rotatable bonds is 11. The molecule has 32 heavy (non-hydrogen) atoms. The largest absolute Gasteiger partial charge is 0.492 e. The first kappa shape index (κ1) is 25.5. The molecule has 7 nitrogen and oxygen atoms in total. The third kappa shape index (κ3) is 6.13. The van der Waals surface area contributed by atoms with Crippen molar-refractivity contribution in [1.82, 2.24) is 10.2 Å². The fraction of sp³-hybridized carbons (Fsp3) is 0.520. The highest BCUT2D eigenvalue weighted by molar-refractivity contribution is 5.99. The van der Waals surface area contributed by atoms with Crippen molar-refractivity contribution in [2.75, 3.05) is 39.5 Å². The lowest BCUT2D eigenvalue weighted by Crippen LogP contribution is -2.32. The molecule has 0 amide bonds. The van der Waals surface area contributed by atoms with E-state index in [1.54, 1.807) is 13.8 Å². The SMILES string of the molecule is CCOC(=O)C1=C(C)NC(C)=C(C(=O)OCC)C1c1ccc(OCCN(CC)CC)cc1. The Kier molecular flexibility index (Phi) is 9.78. The van der Waals surface area contributed by atoms with Crippen LogP contribution in [-0.2, 0) is 19.1 Å². The third-order valence-electron chi connectivity index (χ3n) is 5.54. The summed E-state index contributed by atoms with van der Waals surface area (Å²) >= 11 is 0. The van der Waals surface area contributed by atoms with Gasteiger partial charge in [-0.25, -0.2) is 9.59 Å². The van der Waals surface area contributed by atoms with Crippen molar-refractivity contribution in [3.05, 3.63) is 52.4 Å². The van der Waals surface area contributed by atoms with E-state index in [4.69, 9.17) is 14.2 Å². The van der Waals surface area contributed by atoms with E-state index < -0.39 is 17.9 Å². The zero-order valence-electron chi connectivity index (χ0n) is 20.1. The predicted octanol–water partition coefficient (Wildman–Crippen LogP) is 3.77. The topological polar surface area (TPSA) is 77.1 Å². The van der Waals surface area contributed by atoms with Crippen LogP contribution >= 0.6 is 0 Å². The van der Waals surface area contributed by atoms with Gasteiger partial charge in [-0.2, -0.15) is 0 Å². The summed E-state index contributed by atoms with van der Waals surface area (Å²) in [7, 11) is 0. The Hall–Kier alpha value is -2.80. The molecular formula is C25H36N2O5. The summed E-state index contributed by atoms with van der Waals surface area (Å²) in [6.07, 6.45) is 0. The number of dihydropyridines is 1. The maximum atomic E-state index is 12.8. The van der Waals surface area contributed by atoms with Crippen LogP contribution in [0, 0.1) is 0 Å². The highest BCUT2D eigenvalue weighted by Crippen LogP contribution is 2.39. The minimum Gasteiger partial charge on any atom is -0.492 e. The first-order valence-corrected chi connectivity index (χ1v) is 11.4. The molecule has 0 radical (unpaired) electrons. The van der Waals surface area contributed by atoms with Crippen molar-refractivity contribution in [2.24, 2.45) is 0 Å². The van der Waals surface area contributed by atoms with Crippen LogP contribution in [0.25, 0.3) is 0 Å². The maximum absolute atomic E-state index is 12.8. The van der Waals surface area contributed by atoms with Gasteiger partial charge in [0.25, 0.3) is 0 Å². The molecule has 7 heteroatoms. The Labute approximate surface area is 191 Å². The second-order valence-electron chi connectivity index (χ2n) is 7.52. The van der Waals surface area contributed by atoms with Crippen LogP contribution in [0.3, 0.4) is 0 Å². The second-order valence-corrected chi connectivity index (χ2v) is 7.52. The Morgan fingerprint density at radius 2 is 1.38 bits per heavy atom. The summed E-state index contributed by atoms with van der Waals surface area (Å²) in [6.45, 7) is 15.3. The molecule has 0 saturated carbocycles. The van der Waals surface area contributed by atoms with Gasteiger partial charge >= 0.3 is 11.9 Å². The Bertz CT molecular complexity index is 814. The number of carbonyl (C=O) groups excluding carboxylic acids is 2. The first-order chi connectivity index (χ1) is 15.4. The van der Waals surface area contributed by atoms with Gasteiger partial charge in [-0.1, -0.05) is 26.0 Å². The molecule has 0 bridgehead atoms. The number of nitrogens with one attached hydrogen (secondary N) is 1. The minimum absolute atomic E-state index is 0.249. The molecule has 0 fully saturated rings. The number of ether oxygens (including phenoxy) is 3. The lowest BCUT2D eigenvalue weighted by Gasteiger charge is -2.30. The molecule has 0 aliphatic carbocycles. The van der Waals surface area contributed by atoms with Gasteiger partial charge in [0.15, 0.2) is 0 Å². The maximum Gasteiger partial charge on any atom is 0.336 e. The van der Waals surface area contributed by atoms with Crippen molar-refractivity contribution in [1.29, 1.82) is 0 Å². The van der Waals surface area contributed by atoms with E-state index in [0.717, 1.165) is 30.9 Å². The van der Waals surface area contributed by atoms with E-state index >= 15 is 0 Å². The van der Waals surface area contributed by atoms with E-state index in [-0.39, 0.29) is 13.2 Å². The van der Waals surface area contributed by atoms with Crippen molar-refractivity contribution >= 4 is 11.9 Å². The lowest BCUT2D eigenvalue weighted by molar-refractivity contribution is -0.139. The molecule has 1 aromatic rings. The number of hydrogen-bond acceptors (Lipinski definition) is 7. The summed E-state index contributed by atoms with van der Waals surface area (Å²) < 4.78 is 16.5. The van der Waals surface area contributed by atoms with E-state index in [9.17, 15) is 9.59 Å². The van der Waals surface area contributed by atoms with Gasteiger partial charge < -0.3 is 24.4 Å². The van der Waals surface area contributed by atoms with Gasteiger partial charge in [0.2, 0.25) is 0 Å². The number of esters is 2. The zero-order valence-corrected chi connectivity index (χ0v) is 20.1. The second kappa shape index (κ2) is 12.3. The van der Waals surface area contributed by atoms with Crippen LogP contribution in [0.1, 0.15) is 53.0 Å². The molecular weight excluding hydrogens is 408 g/mol. The quantitative estimate of drug-likeness (QED) is 0.521. The Morgan fingerprint density at radius 1 is 0.875 bits per heavy atom. The van der Waals surface area contributed by atoms with Crippen LogP contribution in [0.2, 0.25) is 0 Å². The van der Waals surface area contributed by atoms with Crippen molar-refractivity contribution in [3.63, 3.8) is 0 Å².